The molecule has 0 saturated heterocycles. The number of nitrogens with zero attached hydrogens (tertiary/aromatic N) is 1. The molecule has 1 fully saturated rings. The number of nitrogens with two attached hydrogens (primary N) is 1. The summed E-state index contributed by atoms with van der Waals surface area (Å²) in [7, 11) is 0. The molecule has 1 aromatic carbocycles. The van der Waals surface area contributed by atoms with Crippen molar-refractivity contribution in [2.75, 3.05) is 11.9 Å². The van der Waals surface area contributed by atoms with Crippen molar-refractivity contribution in [2.24, 2.45) is 11.7 Å². The zero-order valence-corrected chi connectivity index (χ0v) is 9.85. The molecule has 3 N–H and O–H groups in total. The average Bonchev–Trinajstić information content (AvgIpc) is 3.10. The average molecular weight is 235 g/mol. The van der Waals surface area contributed by atoms with E-state index in [4.69, 9.17) is 5.73 Å². The number of benzene rings is 1. The summed E-state index contributed by atoms with van der Waals surface area (Å²) < 4.78 is 0. The fraction of sp³-hybridized carbons (Fsp3) is 0.500. The van der Waals surface area contributed by atoms with Gasteiger partial charge in [0.1, 0.15) is 0 Å². The largest absolute Gasteiger partial charge is 0.383 e. The van der Waals surface area contributed by atoms with Crippen LogP contribution in [0.15, 0.2) is 18.2 Å². The Labute approximate surface area is 100 Å². The summed E-state index contributed by atoms with van der Waals surface area (Å²) in [4.78, 5) is 10.4. The molecule has 0 aromatic heterocycles. The van der Waals surface area contributed by atoms with Crippen LogP contribution < -0.4 is 11.1 Å². The molecule has 0 radical (unpaired) electrons. The van der Waals surface area contributed by atoms with Gasteiger partial charge in [0.15, 0.2) is 0 Å². The lowest BCUT2D eigenvalue weighted by molar-refractivity contribution is -0.385. The Morgan fingerprint density at radius 1 is 1.59 bits per heavy atom. The smallest absolute Gasteiger partial charge is 0.274 e. The lowest BCUT2D eigenvalue weighted by Crippen LogP contribution is -2.31. The lowest BCUT2D eigenvalue weighted by atomic mass is 10.1. The number of nitrogens with one attached hydrogen (secondary N) is 1. The Morgan fingerprint density at radius 3 is 2.88 bits per heavy atom. The quantitative estimate of drug-likeness (QED) is 0.604. The maximum absolute atomic E-state index is 10.8. The van der Waals surface area contributed by atoms with Crippen LogP contribution in [-0.4, -0.2) is 17.5 Å². The van der Waals surface area contributed by atoms with Crippen LogP contribution in [0, 0.1) is 23.0 Å². The summed E-state index contributed by atoms with van der Waals surface area (Å²) in [6, 6.07) is 5.20. The van der Waals surface area contributed by atoms with Crippen LogP contribution >= 0.6 is 0 Å². The minimum absolute atomic E-state index is 0.147. The molecule has 5 heteroatoms. The monoisotopic (exact) mass is 235 g/mol. The molecule has 1 saturated carbocycles. The highest BCUT2D eigenvalue weighted by molar-refractivity contribution is 5.59. The molecular weight excluding hydrogens is 218 g/mol. The predicted molar refractivity (Wildman–Crippen MR) is 67.0 cm³/mol. The van der Waals surface area contributed by atoms with Gasteiger partial charge in [0.05, 0.1) is 4.92 Å². The SMILES string of the molecule is Cc1c(NCC(N)C2CC2)cccc1[N+](=O)[O-]. The van der Waals surface area contributed by atoms with E-state index in [1.807, 2.05) is 6.07 Å². The molecule has 2 rings (SSSR count). The van der Waals surface area contributed by atoms with E-state index < -0.39 is 0 Å². The highest BCUT2D eigenvalue weighted by atomic mass is 16.6. The molecule has 0 amide bonds. The molecule has 92 valence electrons. The third-order valence-electron chi connectivity index (χ3n) is 3.26. The Morgan fingerprint density at radius 2 is 2.29 bits per heavy atom. The van der Waals surface area contributed by atoms with Crippen LogP contribution in [0.5, 0.6) is 0 Å². The van der Waals surface area contributed by atoms with E-state index in [-0.39, 0.29) is 16.7 Å². The summed E-state index contributed by atoms with van der Waals surface area (Å²) in [5.74, 6) is 0.626. The van der Waals surface area contributed by atoms with Gasteiger partial charge in [-0.3, -0.25) is 10.1 Å². The first-order chi connectivity index (χ1) is 8.09. The molecule has 1 aliphatic rings. The van der Waals surface area contributed by atoms with E-state index in [0.29, 0.717) is 18.0 Å². The van der Waals surface area contributed by atoms with E-state index in [1.165, 1.54) is 18.9 Å². The summed E-state index contributed by atoms with van der Waals surface area (Å²) in [5, 5.41) is 14.0. The van der Waals surface area contributed by atoms with Gasteiger partial charge in [0.2, 0.25) is 0 Å². The van der Waals surface area contributed by atoms with Crippen LogP contribution in [0.1, 0.15) is 18.4 Å². The van der Waals surface area contributed by atoms with Crippen molar-refractivity contribution < 1.29 is 4.92 Å². The van der Waals surface area contributed by atoms with Crippen molar-refractivity contribution >= 4 is 11.4 Å². The first-order valence-corrected chi connectivity index (χ1v) is 5.83. The standard InChI is InChI=1S/C12H17N3O2/c1-8-11(3-2-4-12(8)15(16)17)14-7-10(13)9-5-6-9/h2-4,9-10,14H,5-7,13H2,1H3. The van der Waals surface area contributed by atoms with Gasteiger partial charge in [-0.25, -0.2) is 0 Å². The van der Waals surface area contributed by atoms with Crippen molar-refractivity contribution in [1.29, 1.82) is 0 Å². The molecule has 0 aliphatic heterocycles. The maximum Gasteiger partial charge on any atom is 0.274 e. The number of anilines is 1. The molecule has 1 aromatic rings. The van der Waals surface area contributed by atoms with Crippen LogP contribution in [0.4, 0.5) is 11.4 Å². The lowest BCUT2D eigenvalue weighted by Gasteiger charge is -2.14. The topological polar surface area (TPSA) is 81.2 Å². The first-order valence-electron chi connectivity index (χ1n) is 5.83. The highest BCUT2D eigenvalue weighted by Crippen LogP contribution is 2.32. The van der Waals surface area contributed by atoms with E-state index in [0.717, 1.165) is 5.69 Å². The van der Waals surface area contributed by atoms with E-state index in [9.17, 15) is 10.1 Å². The van der Waals surface area contributed by atoms with E-state index >= 15 is 0 Å². The molecule has 17 heavy (non-hydrogen) atoms. The van der Waals surface area contributed by atoms with Gasteiger partial charge >= 0.3 is 0 Å². The minimum Gasteiger partial charge on any atom is -0.383 e. The molecular formula is C12H17N3O2. The van der Waals surface area contributed by atoms with Gasteiger partial charge in [0, 0.05) is 29.9 Å². The first kappa shape index (κ1) is 11.9. The second-order valence-electron chi connectivity index (χ2n) is 4.59. The van der Waals surface area contributed by atoms with E-state index in [2.05, 4.69) is 5.32 Å². The molecule has 1 aliphatic carbocycles. The van der Waals surface area contributed by atoms with Gasteiger partial charge in [-0.15, -0.1) is 0 Å². The Hall–Kier alpha value is -1.62. The van der Waals surface area contributed by atoms with Crippen LogP contribution in [-0.2, 0) is 0 Å². The van der Waals surface area contributed by atoms with Gasteiger partial charge in [0.25, 0.3) is 5.69 Å². The summed E-state index contributed by atoms with van der Waals surface area (Å²) >= 11 is 0. The van der Waals surface area contributed by atoms with Gasteiger partial charge in [-0.2, -0.15) is 0 Å². The zero-order chi connectivity index (χ0) is 12.4. The Kier molecular flexibility index (Phi) is 3.28. The fourth-order valence-electron chi connectivity index (χ4n) is 1.93. The minimum atomic E-state index is -0.360. The van der Waals surface area contributed by atoms with Gasteiger partial charge in [-0.1, -0.05) is 6.07 Å². The Bertz CT molecular complexity index is 430. The zero-order valence-electron chi connectivity index (χ0n) is 9.85. The fourth-order valence-corrected chi connectivity index (χ4v) is 1.93. The van der Waals surface area contributed by atoms with Gasteiger partial charge in [-0.05, 0) is 31.7 Å². The van der Waals surface area contributed by atoms with Crippen LogP contribution in [0.2, 0.25) is 0 Å². The normalized spacial score (nSPS) is 16.6. The van der Waals surface area contributed by atoms with Crippen LogP contribution in [0.3, 0.4) is 0 Å². The van der Waals surface area contributed by atoms with Gasteiger partial charge < -0.3 is 11.1 Å². The van der Waals surface area contributed by atoms with E-state index in [1.54, 1.807) is 13.0 Å². The van der Waals surface area contributed by atoms with Crippen molar-refractivity contribution in [3.8, 4) is 0 Å². The highest BCUT2D eigenvalue weighted by Gasteiger charge is 2.28. The summed E-state index contributed by atoms with van der Waals surface area (Å²) in [6.45, 7) is 2.43. The number of hydrogen-bond acceptors (Lipinski definition) is 4. The second-order valence-corrected chi connectivity index (χ2v) is 4.59. The third-order valence-corrected chi connectivity index (χ3v) is 3.26. The third kappa shape index (κ3) is 2.74. The van der Waals surface area contributed by atoms with Crippen molar-refractivity contribution in [3.05, 3.63) is 33.9 Å². The number of nitro benzene ring substituents is 1. The molecule has 5 nitrogen and oxygen atoms in total. The van der Waals surface area contributed by atoms with Crippen molar-refractivity contribution in [3.63, 3.8) is 0 Å². The van der Waals surface area contributed by atoms with Crippen LogP contribution in [0.25, 0.3) is 0 Å². The van der Waals surface area contributed by atoms with Crippen molar-refractivity contribution in [2.45, 2.75) is 25.8 Å². The summed E-state index contributed by atoms with van der Waals surface area (Å²) in [5.41, 5.74) is 7.59. The summed E-state index contributed by atoms with van der Waals surface area (Å²) in [6.07, 6.45) is 2.41. The number of hydrogen-bond donors (Lipinski definition) is 2. The molecule has 1 unspecified atom stereocenters. The molecule has 0 heterocycles. The second kappa shape index (κ2) is 4.71. The van der Waals surface area contributed by atoms with Crippen molar-refractivity contribution in [1.82, 2.24) is 0 Å². The molecule has 0 spiro atoms. The number of rotatable bonds is 5. The predicted octanol–water partition coefficient (Wildman–Crippen LogP) is 2.05. The Balaban J connectivity index is 2.04. The molecule has 1 atom stereocenters. The maximum atomic E-state index is 10.8. The molecule has 0 bridgehead atoms. The number of nitro groups is 1.